The van der Waals surface area contributed by atoms with Gasteiger partial charge < -0.3 is 10.7 Å². The van der Waals surface area contributed by atoms with Crippen LogP contribution in [0.1, 0.15) is 45.7 Å². The number of allylic oxidation sites excluding steroid dienone is 10. The van der Waals surface area contributed by atoms with Gasteiger partial charge in [-0.2, -0.15) is 0 Å². The van der Waals surface area contributed by atoms with Gasteiger partial charge in [-0.3, -0.25) is 0 Å². The number of thioether (sulfide) groups is 1. The van der Waals surface area contributed by atoms with Crippen LogP contribution < -0.4 is 5.73 Å². The summed E-state index contributed by atoms with van der Waals surface area (Å²) in [5, 5.41) is 7.26. The number of aromatic amines is 1. The maximum atomic E-state index is 5.75. The summed E-state index contributed by atoms with van der Waals surface area (Å²) in [6.07, 6.45) is 21.0. The predicted molar refractivity (Wildman–Crippen MR) is 295 cm³/mol. The Morgan fingerprint density at radius 1 is 0.600 bits per heavy atom. The lowest BCUT2D eigenvalue weighted by atomic mass is 9.97. The number of H-pyrrole nitrogens is 1. The topological polar surface area (TPSA) is 41.8 Å². The maximum absolute atomic E-state index is 5.75. The van der Waals surface area contributed by atoms with E-state index in [9.17, 15) is 0 Å². The number of benzene rings is 7. The highest BCUT2D eigenvalue weighted by Crippen LogP contribution is 2.30. The fourth-order valence-corrected chi connectivity index (χ4v) is 7.56. The number of rotatable bonds is 6. The molecule has 0 radical (unpaired) electrons. The molecule has 1 aliphatic heterocycles. The number of para-hydroxylation sites is 1. The third-order valence-corrected chi connectivity index (χ3v) is 10.7. The SMILES string of the molecule is C=C1/C=C\C=C/SC(/C=C\C=C/C)=C\1.C=CC.C=Cc1ccc2ccccc2c1CC.CC.Nc1ccc(-c2ccc3[nH]c4ccccc4c3c2)cc1.c1ccc(-c2ccccc2)cc1. The number of hydrogen-bond acceptors (Lipinski definition) is 2. The van der Waals surface area contributed by atoms with E-state index in [0.717, 1.165) is 17.7 Å². The van der Waals surface area contributed by atoms with Crippen LogP contribution in [-0.4, -0.2) is 4.98 Å². The molecule has 0 saturated heterocycles. The summed E-state index contributed by atoms with van der Waals surface area (Å²) in [6, 6.07) is 56.5. The maximum Gasteiger partial charge on any atom is 0.0465 e. The molecule has 0 aliphatic carbocycles. The van der Waals surface area contributed by atoms with Crippen molar-refractivity contribution in [3.05, 3.63) is 265 Å². The Kier molecular flexibility index (Phi) is 22.0. The van der Waals surface area contributed by atoms with Crippen molar-refractivity contribution in [2.75, 3.05) is 5.73 Å². The van der Waals surface area contributed by atoms with E-state index >= 15 is 0 Å². The zero-order chi connectivity index (χ0) is 46.7. The van der Waals surface area contributed by atoms with Gasteiger partial charge in [0.2, 0.25) is 0 Å². The Balaban J connectivity index is 0.000000187. The second kappa shape index (κ2) is 28.4. The number of nitrogen functional groups attached to an aromatic ring is 1. The molecule has 7 aromatic carbocycles. The lowest BCUT2D eigenvalue weighted by molar-refractivity contribution is 1.15. The molecule has 9 rings (SSSR count). The summed E-state index contributed by atoms with van der Waals surface area (Å²) in [5.41, 5.74) is 17.5. The molecule has 0 unspecified atom stereocenters. The number of anilines is 1. The third kappa shape index (κ3) is 15.8. The molecule has 0 fully saturated rings. The molecule has 328 valence electrons. The van der Waals surface area contributed by atoms with Gasteiger partial charge >= 0.3 is 0 Å². The Morgan fingerprint density at radius 3 is 1.80 bits per heavy atom. The van der Waals surface area contributed by atoms with Gasteiger partial charge in [0.15, 0.2) is 0 Å². The summed E-state index contributed by atoms with van der Waals surface area (Å²) < 4.78 is 0. The van der Waals surface area contributed by atoms with Crippen LogP contribution in [0.5, 0.6) is 0 Å². The number of aromatic nitrogens is 1. The average molecular weight is 869 g/mol. The molecule has 0 bridgehead atoms. The zero-order valence-electron chi connectivity index (χ0n) is 38.8. The smallest absolute Gasteiger partial charge is 0.0465 e. The molecule has 3 N–H and O–H groups in total. The molecule has 0 amide bonds. The van der Waals surface area contributed by atoms with E-state index in [1.54, 1.807) is 17.8 Å². The van der Waals surface area contributed by atoms with Gasteiger partial charge in [0, 0.05) is 32.4 Å². The van der Waals surface area contributed by atoms with Crippen LogP contribution in [0.3, 0.4) is 0 Å². The highest BCUT2D eigenvalue weighted by Gasteiger charge is 2.06. The Labute approximate surface area is 393 Å². The number of nitrogens with two attached hydrogens (primary N) is 1. The first-order valence-corrected chi connectivity index (χ1v) is 23.1. The molecule has 1 aromatic heterocycles. The zero-order valence-corrected chi connectivity index (χ0v) is 39.6. The fraction of sp³-hybridized carbons (Fsp3) is 0.0968. The van der Waals surface area contributed by atoms with Crippen LogP contribution in [0.4, 0.5) is 5.69 Å². The van der Waals surface area contributed by atoms with Gasteiger partial charge in [-0.25, -0.2) is 0 Å². The summed E-state index contributed by atoms with van der Waals surface area (Å²) >= 11 is 1.70. The molecule has 8 aromatic rings. The van der Waals surface area contributed by atoms with Crippen LogP contribution in [0.25, 0.3) is 60.9 Å². The minimum absolute atomic E-state index is 0.793. The first-order valence-electron chi connectivity index (χ1n) is 22.3. The van der Waals surface area contributed by atoms with Gasteiger partial charge in [-0.1, -0.05) is 228 Å². The quantitative estimate of drug-likeness (QED) is 0.0993. The van der Waals surface area contributed by atoms with Crippen molar-refractivity contribution in [1.29, 1.82) is 0 Å². The first-order chi connectivity index (χ1) is 31.9. The van der Waals surface area contributed by atoms with Crippen molar-refractivity contribution < 1.29 is 0 Å². The Bertz CT molecular complexity index is 2810. The molecular weight excluding hydrogens is 805 g/mol. The second-order valence-electron chi connectivity index (χ2n) is 14.4. The van der Waals surface area contributed by atoms with Crippen molar-refractivity contribution in [3.63, 3.8) is 0 Å². The van der Waals surface area contributed by atoms with Gasteiger partial charge in [0.1, 0.15) is 0 Å². The highest BCUT2D eigenvalue weighted by atomic mass is 32.2. The van der Waals surface area contributed by atoms with E-state index in [-0.39, 0.29) is 0 Å². The fourth-order valence-electron chi connectivity index (χ4n) is 6.86. The van der Waals surface area contributed by atoms with Crippen molar-refractivity contribution >= 4 is 56.1 Å². The summed E-state index contributed by atoms with van der Waals surface area (Å²) in [5.74, 6) is 0. The van der Waals surface area contributed by atoms with E-state index in [1.165, 1.54) is 70.9 Å². The number of fused-ring (bicyclic) bond motifs is 4. The van der Waals surface area contributed by atoms with E-state index in [4.69, 9.17) is 5.73 Å². The molecule has 2 nitrogen and oxygen atoms in total. The van der Waals surface area contributed by atoms with Gasteiger partial charge in [0.05, 0.1) is 0 Å². The van der Waals surface area contributed by atoms with Crippen molar-refractivity contribution in [2.45, 2.75) is 41.0 Å². The van der Waals surface area contributed by atoms with E-state index < -0.39 is 0 Å². The van der Waals surface area contributed by atoms with Gasteiger partial charge in [-0.15, -0.1) is 6.58 Å². The second-order valence-corrected chi connectivity index (χ2v) is 15.4. The minimum atomic E-state index is 0.793. The predicted octanol–water partition coefficient (Wildman–Crippen LogP) is 18.6. The normalized spacial score (nSPS) is 13.3. The Morgan fingerprint density at radius 2 is 1.17 bits per heavy atom. The largest absolute Gasteiger partial charge is 0.399 e. The lowest BCUT2D eigenvalue weighted by Gasteiger charge is -2.07. The molecule has 65 heavy (non-hydrogen) atoms. The Hall–Kier alpha value is -7.33. The summed E-state index contributed by atoms with van der Waals surface area (Å²) in [7, 11) is 0. The monoisotopic (exact) mass is 868 g/mol. The molecule has 3 heteroatoms. The molecule has 0 spiro atoms. The molecule has 1 aliphatic rings. The molecule has 0 atom stereocenters. The third-order valence-electron chi connectivity index (χ3n) is 9.88. The number of nitrogens with one attached hydrogen (secondary N) is 1. The van der Waals surface area contributed by atoms with Crippen molar-refractivity contribution in [3.8, 4) is 22.3 Å². The summed E-state index contributed by atoms with van der Waals surface area (Å²) in [4.78, 5) is 4.65. The highest BCUT2D eigenvalue weighted by molar-refractivity contribution is 8.06. The van der Waals surface area contributed by atoms with Crippen LogP contribution in [0.15, 0.2) is 254 Å². The lowest BCUT2D eigenvalue weighted by Crippen LogP contribution is -1.88. The van der Waals surface area contributed by atoms with E-state index in [1.807, 2.05) is 94.5 Å². The van der Waals surface area contributed by atoms with Crippen molar-refractivity contribution in [2.24, 2.45) is 0 Å². The summed E-state index contributed by atoms with van der Waals surface area (Å²) in [6.45, 7) is 21.2. The average Bonchev–Trinajstić information content (AvgIpc) is 3.73. The van der Waals surface area contributed by atoms with E-state index in [0.29, 0.717) is 0 Å². The number of hydrogen-bond donors (Lipinski definition) is 2. The van der Waals surface area contributed by atoms with Crippen LogP contribution in [0, 0.1) is 0 Å². The van der Waals surface area contributed by atoms with Gasteiger partial charge in [-0.05, 0) is 118 Å². The van der Waals surface area contributed by atoms with Gasteiger partial charge in [0.25, 0.3) is 0 Å². The van der Waals surface area contributed by atoms with Crippen LogP contribution in [-0.2, 0) is 6.42 Å². The van der Waals surface area contributed by atoms with Crippen LogP contribution >= 0.6 is 11.8 Å². The molecule has 2 heterocycles. The molecular formula is C62H64N2S. The standard InChI is InChI=1S/C18H14N2.C14H14.C13H14S.C12H10.C3H6.C2H6/c19-14-8-5-12(6-9-14)13-7-10-18-16(11-13)15-3-1-2-4-17(15)20-18;1-3-11-9-10-12-7-5-6-8-14(12)13(11)4-2;1-3-4-5-9-13-11-12(2)8-6-7-10-14-13;1-3-7-11(8-4-1)12-9-5-2-6-10-12;1-3-2;1-2/h1-11,20H,19H2;3,5-10H,1,4H2,2H3;3-11H,2H2,1H3;1-10H;3H,1H2,2H3;1-2H3/b;;4-3-,8-6-,9-5-,10-7-,13-11-;;;. The number of aryl methyl sites for hydroxylation is 1. The van der Waals surface area contributed by atoms with E-state index in [2.05, 4.69) is 189 Å². The first kappa shape index (κ1) is 50.3. The molecule has 0 saturated carbocycles. The minimum Gasteiger partial charge on any atom is -0.399 e. The van der Waals surface area contributed by atoms with Crippen molar-refractivity contribution in [1.82, 2.24) is 4.98 Å². The van der Waals surface area contributed by atoms with Crippen LogP contribution in [0.2, 0.25) is 0 Å².